The lowest BCUT2D eigenvalue weighted by atomic mass is 9.98. The Kier molecular flexibility index (Phi) is 7.53. The normalized spacial score (nSPS) is 14.4. The van der Waals surface area contributed by atoms with Gasteiger partial charge >= 0.3 is 0 Å². The van der Waals surface area contributed by atoms with Gasteiger partial charge in [-0.2, -0.15) is 0 Å². The van der Waals surface area contributed by atoms with Gasteiger partial charge in [-0.05, 0) is 18.8 Å². The fraction of sp³-hybridized carbons (Fsp3) is 0.533. The van der Waals surface area contributed by atoms with Crippen molar-refractivity contribution in [2.45, 2.75) is 40.5 Å². The minimum atomic E-state index is 0.320. The van der Waals surface area contributed by atoms with Crippen molar-refractivity contribution < 1.29 is 4.79 Å². The number of carbonyl (C=O) groups excluding carboxylic acids is 1. The molecule has 0 bridgehead atoms. The summed E-state index contributed by atoms with van der Waals surface area (Å²) in [7, 11) is 0. The first-order chi connectivity index (χ1) is 7.45. The third-order valence-electron chi connectivity index (χ3n) is 2.31. The predicted molar refractivity (Wildman–Crippen MR) is 71.3 cm³/mol. The molecule has 0 heterocycles. The van der Waals surface area contributed by atoms with E-state index in [0.29, 0.717) is 30.5 Å². The zero-order valence-electron chi connectivity index (χ0n) is 11.0. The molecule has 0 radical (unpaired) electrons. The first-order valence-corrected chi connectivity index (χ1v) is 5.95. The fourth-order valence-corrected chi connectivity index (χ4v) is 1.43. The molecule has 0 amide bonds. The van der Waals surface area contributed by atoms with Crippen molar-refractivity contribution in [3.63, 3.8) is 0 Å². The highest BCUT2D eigenvalue weighted by Crippen LogP contribution is 2.10. The quantitative estimate of drug-likeness (QED) is 0.584. The molecular formula is C15H24O. The lowest BCUT2D eigenvalue weighted by molar-refractivity contribution is -0.120. The number of carbonyl (C=O) groups is 1. The second kappa shape index (κ2) is 8.09. The molecule has 1 nitrogen and oxygen atoms in total. The molecule has 0 saturated carbocycles. The highest BCUT2D eigenvalue weighted by atomic mass is 16.1. The van der Waals surface area contributed by atoms with Crippen molar-refractivity contribution in [1.82, 2.24) is 0 Å². The molecule has 0 aromatic carbocycles. The molecule has 0 aliphatic rings. The van der Waals surface area contributed by atoms with Crippen LogP contribution in [0.25, 0.3) is 0 Å². The molecule has 0 saturated heterocycles. The van der Waals surface area contributed by atoms with Gasteiger partial charge in [0, 0.05) is 12.8 Å². The Morgan fingerprint density at radius 1 is 1.25 bits per heavy atom. The van der Waals surface area contributed by atoms with Crippen LogP contribution in [0.2, 0.25) is 0 Å². The molecule has 0 unspecified atom stereocenters. The first kappa shape index (κ1) is 14.9. The van der Waals surface area contributed by atoms with Gasteiger partial charge in [-0.1, -0.05) is 57.2 Å². The van der Waals surface area contributed by atoms with E-state index in [1.165, 1.54) is 0 Å². The third kappa shape index (κ3) is 8.22. The third-order valence-corrected chi connectivity index (χ3v) is 2.31. The number of hydrogen-bond donors (Lipinski definition) is 0. The summed E-state index contributed by atoms with van der Waals surface area (Å²) in [5.41, 5.74) is 1.14. The molecule has 90 valence electrons. The Morgan fingerprint density at radius 3 is 2.38 bits per heavy atom. The van der Waals surface area contributed by atoms with E-state index < -0.39 is 0 Å². The van der Waals surface area contributed by atoms with E-state index in [9.17, 15) is 4.79 Å². The smallest absolute Gasteiger partial charge is 0.133 e. The van der Waals surface area contributed by atoms with Crippen LogP contribution in [0, 0.1) is 11.8 Å². The maximum atomic E-state index is 11.6. The van der Waals surface area contributed by atoms with Gasteiger partial charge in [0.1, 0.15) is 5.78 Å². The Bertz CT molecular complexity index is 282. The Labute approximate surface area is 99.9 Å². The Hall–Kier alpha value is -1.11. The van der Waals surface area contributed by atoms with Gasteiger partial charge in [0.05, 0.1) is 0 Å². The zero-order valence-corrected chi connectivity index (χ0v) is 11.0. The van der Waals surface area contributed by atoms with E-state index in [4.69, 9.17) is 0 Å². The summed E-state index contributed by atoms with van der Waals surface area (Å²) in [5.74, 6) is 1.14. The van der Waals surface area contributed by atoms with Crippen molar-refractivity contribution in [3.8, 4) is 0 Å². The minimum Gasteiger partial charge on any atom is -0.300 e. The molecule has 0 aliphatic carbocycles. The number of Topliss-reactive ketones (excluding diaryl/α,β-unsaturated/α-hetero) is 1. The molecule has 0 spiro atoms. The molecule has 0 aromatic heterocycles. The monoisotopic (exact) mass is 220 g/mol. The van der Waals surface area contributed by atoms with Crippen LogP contribution >= 0.6 is 0 Å². The molecule has 0 N–H and O–H groups in total. The van der Waals surface area contributed by atoms with Crippen LogP contribution in [-0.4, -0.2) is 5.78 Å². The zero-order chi connectivity index (χ0) is 12.6. The van der Waals surface area contributed by atoms with Gasteiger partial charge in [-0.25, -0.2) is 0 Å². The molecule has 0 aromatic rings. The number of rotatable bonds is 7. The molecular weight excluding hydrogens is 196 g/mol. The summed E-state index contributed by atoms with van der Waals surface area (Å²) < 4.78 is 0. The average Bonchev–Trinajstić information content (AvgIpc) is 2.15. The highest BCUT2D eigenvalue weighted by molar-refractivity contribution is 5.78. The second-order valence-electron chi connectivity index (χ2n) is 4.82. The first-order valence-electron chi connectivity index (χ1n) is 5.95. The number of ketones is 1. The van der Waals surface area contributed by atoms with E-state index >= 15 is 0 Å². The summed E-state index contributed by atoms with van der Waals surface area (Å²) in [5, 5.41) is 0. The van der Waals surface area contributed by atoms with Gasteiger partial charge in [-0.3, -0.25) is 4.79 Å². The van der Waals surface area contributed by atoms with Gasteiger partial charge in [0.25, 0.3) is 0 Å². The van der Waals surface area contributed by atoms with Crippen LogP contribution in [0.4, 0.5) is 0 Å². The topological polar surface area (TPSA) is 17.1 Å². The van der Waals surface area contributed by atoms with Crippen LogP contribution in [0.1, 0.15) is 40.5 Å². The van der Waals surface area contributed by atoms with Crippen LogP contribution in [0.3, 0.4) is 0 Å². The summed E-state index contributed by atoms with van der Waals surface area (Å²) >= 11 is 0. The maximum absolute atomic E-state index is 11.6. The Morgan fingerprint density at radius 2 is 1.88 bits per heavy atom. The van der Waals surface area contributed by atoms with E-state index in [0.717, 1.165) is 5.57 Å². The molecule has 1 heteroatoms. The Balaban J connectivity index is 4.03. The lowest BCUT2D eigenvalue weighted by Crippen LogP contribution is -2.06. The van der Waals surface area contributed by atoms with Crippen LogP contribution < -0.4 is 0 Å². The average molecular weight is 220 g/mol. The molecule has 1 atom stereocenters. The SMILES string of the molecule is C=C/C(C)=C/C=C/[C@H](C)CC(=O)CC(C)C. The van der Waals surface area contributed by atoms with Crippen LogP contribution in [-0.2, 0) is 4.79 Å². The van der Waals surface area contributed by atoms with E-state index in [-0.39, 0.29) is 0 Å². The number of allylic oxidation sites excluding steroid dienone is 5. The molecule has 0 fully saturated rings. The fourth-order valence-electron chi connectivity index (χ4n) is 1.43. The summed E-state index contributed by atoms with van der Waals surface area (Å²) in [4.78, 5) is 11.6. The van der Waals surface area contributed by atoms with Crippen LogP contribution in [0.15, 0.2) is 36.5 Å². The largest absolute Gasteiger partial charge is 0.300 e. The van der Waals surface area contributed by atoms with Gasteiger partial charge in [0.2, 0.25) is 0 Å². The second-order valence-corrected chi connectivity index (χ2v) is 4.82. The maximum Gasteiger partial charge on any atom is 0.133 e. The van der Waals surface area contributed by atoms with Crippen LogP contribution in [0.5, 0.6) is 0 Å². The molecule has 0 aliphatic heterocycles. The van der Waals surface area contributed by atoms with E-state index in [1.807, 2.05) is 25.2 Å². The van der Waals surface area contributed by atoms with Crippen molar-refractivity contribution in [1.29, 1.82) is 0 Å². The summed E-state index contributed by atoms with van der Waals surface area (Å²) in [6.45, 7) is 11.9. The van der Waals surface area contributed by atoms with Gasteiger partial charge < -0.3 is 0 Å². The lowest BCUT2D eigenvalue weighted by Gasteiger charge is -2.06. The predicted octanol–water partition coefficient (Wildman–Crippen LogP) is 4.32. The van der Waals surface area contributed by atoms with Crippen molar-refractivity contribution in [3.05, 3.63) is 36.5 Å². The van der Waals surface area contributed by atoms with E-state index in [1.54, 1.807) is 0 Å². The van der Waals surface area contributed by atoms with Crippen molar-refractivity contribution >= 4 is 5.78 Å². The minimum absolute atomic E-state index is 0.320. The molecule has 0 rings (SSSR count). The van der Waals surface area contributed by atoms with Crippen molar-refractivity contribution in [2.24, 2.45) is 11.8 Å². The standard InChI is InChI=1S/C15H24O/c1-6-13(4)8-7-9-14(5)11-15(16)10-12(2)3/h6-9,12,14H,1,10-11H2,2-5H3/b9-7+,13-8+/t14-/m0/s1. The highest BCUT2D eigenvalue weighted by Gasteiger charge is 2.07. The van der Waals surface area contributed by atoms with Gasteiger partial charge in [-0.15, -0.1) is 0 Å². The molecule has 16 heavy (non-hydrogen) atoms. The number of hydrogen-bond acceptors (Lipinski definition) is 1. The van der Waals surface area contributed by atoms with Crippen molar-refractivity contribution in [2.75, 3.05) is 0 Å². The summed E-state index contributed by atoms with van der Waals surface area (Å²) in [6.07, 6.45) is 9.25. The summed E-state index contributed by atoms with van der Waals surface area (Å²) in [6, 6.07) is 0. The van der Waals surface area contributed by atoms with Gasteiger partial charge in [0.15, 0.2) is 0 Å². The van der Waals surface area contributed by atoms with E-state index in [2.05, 4.69) is 33.4 Å².